The maximum Gasteiger partial charge on any atom is 0.286 e. The predicted octanol–water partition coefficient (Wildman–Crippen LogP) is 0.644. The number of nitrogens with two attached hydrogens (primary N) is 2. The molecule has 2 rings (SSSR count). The van der Waals surface area contributed by atoms with Gasteiger partial charge in [-0.05, 0) is 35.5 Å². The van der Waals surface area contributed by atoms with E-state index in [2.05, 4.69) is 9.98 Å². The molecule has 1 aliphatic heterocycles. The van der Waals surface area contributed by atoms with Gasteiger partial charge in [-0.1, -0.05) is 6.07 Å². The first-order valence-electron chi connectivity index (χ1n) is 5.49. The fourth-order valence-corrected chi connectivity index (χ4v) is 2.30. The number of rotatable bonds is 2. The van der Waals surface area contributed by atoms with Crippen LogP contribution in [0.3, 0.4) is 0 Å². The van der Waals surface area contributed by atoms with Crippen LogP contribution in [0.15, 0.2) is 33.1 Å². The van der Waals surface area contributed by atoms with Gasteiger partial charge in [0.1, 0.15) is 0 Å². The Bertz CT molecular complexity index is 648. The zero-order chi connectivity index (χ0) is 14.7. The van der Waals surface area contributed by atoms with Crippen LogP contribution >= 0.6 is 11.8 Å². The molecule has 104 valence electrons. The van der Waals surface area contributed by atoms with Gasteiger partial charge in [0.05, 0.1) is 12.0 Å². The predicted molar refractivity (Wildman–Crippen MR) is 78.5 cm³/mol. The van der Waals surface area contributed by atoms with Crippen LogP contribution in [0, 0.1) is 0 Å². The number of aliphatic imine (C=N–C) groups is 2. The molecular weight excluding hydrogens is 280 g/mol. The summed E-state index contributed by atoms with van der Waals surface area (Å²) in [4.78, 5) is 19.5. The van der Waals surface area contributed by atoms with Crippen molar-refractivity contribution in [2.75, 3.05) is 7.11 Å². The van der Waals surface area contributed by atoms with Crippen molar-refractivity contribution in [3.05, 3.63) is 28.7 Å². The topological polar surface area (TPSA) is 123 Å². The average Bonchev–Trinajstić information content (AvgIpc) is 2.71. The first-order chi connectivity index (χ1) is 9.49. The van der Waals surface area contributed by atoms with Gasteiger partial charge in [0.25, 0.3) is 5.91 Å². The van der Waals surface area contributed by atoms with E-state index in [0.29, 0.717) is 16.2 Å². The lowest BCUT2D eigenvalue weighted by atomic mass is 10.2. The molecule has 0 aliphatic carbocycles. The maximum atomic E-state index is 11.7. The zero-order valence-electron chi connectivity index (χ0n) is 10.5. The van der Waals surface area contributed by atoms with E-state index >= 15 is 0 Å². The molecule has 20 heavy (non-hydrogen) atoms. The third-order valence-electron chi connectivity index (χ3n) is 2.34. The highest BCUT2D eigenvalue weighted by molar-refractivity contribution is 8.18. The summed E-state index contributed by atoms with van der Waals surface area (Å²) in [5, 5.41) is 9.70. The number of phenolic OH excluding ortho intramolecular Hbond substituents is 1. The van der Waals surface area contributed by atoms with Gasteiger partial charge in [0.2, 0.25) is 0 Å². The number of guanidine groups is 1. The minimum atomic E-state index is -0.415. The smallest absolute Gasteiger partial charge is 0.286 e. The van der Waals surface area contributed by atoms with Crippen LogP contribution in [0.4, 0.5) is 0 Å². The molecule has 0 fully saturated rings. The quantitative estimate of drug-likeness (QED) is 0.417. The number of amides is 1. The largest absolute Gasteiger partial charge is 0.504 e. The van der Waals surface area contributed by atoms with Crippen LogP contribution < -0.4 is 16.2 Å². The van der Waals surface area contributed by atoms with Crippen molar-refractivity contribution in [2.24, 2.45) is 21.5 Å². The van der Waals surface area contributed by atoms with E-state index in [9.17, 15) is 9.90 Å². The highest BCUT2D eigenvalue weighted by atomic mass is 32.2. The molecule has 0 radical (unpaired) electrons. The van der Waals surface area contributed by atoms with Gasteiger partial charge in [0, 0.05) is 0 Å². The monoisotopic (exact) mass is 292 g/mol. The van der Waals surface area contributed by atoms with E-state index in [4.69, 9.17) is 16.2 Å². The summed E-state index contributed by atoms with van der Waals surface area (Å²) in [5.74, 6) is -0.226. The van der Waals surface area contributed by atoms with Crippen molar-refractivity contribution in [3.8, 4) is 11.5 Å². The van der Waals surface area contributed by atoms with Gasteiger partial charge in [-0.15, -0.1) is 0 Å². The molecule has 0 saturated carbocycles. The van der Waals surface area contributed by atoms with E-state index in [0.717, 1.165) is 11.8 Å². The third kappa shape index (κ3) is 3.09. The SMILES string of the molecule is COc1cc(/C=C2\SC(N=C(N)N)=NC2=O)ccc1O. The molecule has 0 atom stereocenters. The van der Waals surface area contributed by atoms with Crippen LogP contribution in [0.1, 0.15) is 5.56 Å². The normalized spacial score (nSPS) is 16.1. The van der Waals surface area contributed by atoms with E-state index in [1.165, 1.54) is 13.2 Å². The number of thioether (sulfide) groups is 1. The van der Waals surface area contributed by atoms with Crippen molar-refractivity contribution in [3.63, 3.8) is 0 Å². The minimum Gasteiger partial charge on any atom is -0.504 e. The average molecular weight is 292 g/mol. The summed E-state index contributed by atoms with van der Waals surface area (Å²) in [6.07, 6.45) is 1.62. The number of hydrogen-bond donors (Lipinski definition) is 3. The second kappa shape index (κ2) is 5.66. The van der Waals surface area contributed by atoms with Crippen LogP contribution in [0.25, 0.3) is 6.08 Å². The minimum absolute atomic E-state index is 0.0255. The van der Waals surface area contributed by atoms with Crippen LogP contribution in [0.5, 0.6) is 11.5 Å². The van der Waals surface area contributed by atoms with Gasteiger partial charge >= 0.3 is 0 Å². The molecule has 0 unspecified atom stereocenters. The molecule has 7 nitrogen and oxygen atoms in total. The number of hydrogen-bond acceptors (Lipinski definition) is 5. The van der Waals surface area contributed by atoms with Crippen molar-refractivity contribution >= 4 is 34.9 Å². The molecule has 1 heterocycles. The third-order valence-corrected chi connectivity index (χ3v) is 3.21. The number of benzene rings is 1. The Kier molecular flexibility index (Phi) is 3.94. The maximum absolute atomic E-state index is 11.7. The van der Waals surface area contributed by atoms with Gasteiger partial charge in [-0.25, -0.2) is 0 Å². The molecular formula is C12H12N4O3S. The Morgan fingerprint density at radius 3 is 2.90 bits per heavy atom. The van der Waals surface area contributed by atoms with E-state index in [-0.39, 0.29) is 16.9 Å². The Labute approximate surface area is 119 Å². The lowest BCUT2D eigenvalue weighted by molar-refractivity contribution is -0.113. The van der Waals surface area contributed by atoms with Crippen LogP contribution in [0.2, 0.25) is 0 Å². The summed E-state index contributed by atoms with van der Waals surface area (Å²) in [7, 11) is 1.45. The zero-order valence-corrected chi connectivity index (χ0v) is 11.3. The Hall–Kier alpha value is -2.48. The first-order valence-corrected chi connectivity index (χ1v) is 6.30. The van der Waals surface area contributed by atoms with Crippen molar-refractivity contribution < 1.29 is 14.6 Å². The first kappa shape index (κ1) is 13.9. The summed E-state index contributed by atoms with van der Waals surface area (Å²) in [5.41, 5.74) is 11.1. The van der Waals surface area contributed by atoms with E-state index in [1.807, 2.05) is 0 Å². The fourth-order valence-electron chi connectivity index (χ4n) is 1.49. The molecule has 0 saturated heterocycles. The highest BCUT2D eigenvalue weighted by Gasteiger charge is 2.21. The number of carbonyl (C=O) groups is 1. The molecule has 8 heteroatoms. The summed E-state index contributed by atoms with van der Waals surface area (Å²) >= 11 is 1.07. The molecule has 1 aliphatic rings. The number of amidine groups is 1. The Morgan fingerprint density at radius 2 is 2.25 bits per heavy atom. The second-order valence-corrected chi connectivity index (χ2v) is 4.79. The summed E-state index contributed by atoms with van der Waals surface area (Å²) in [6, 6.07) is 4.74. The lowest BCUT2D eigenvalue weighted by Crippen LogP contribution is -2.23. The Balaban J connectivity index is 2.25. The summed E-state index contributed by atoms with van der Waals surface area (Å²) < 4.78 is 5.00. The Morgan fingerprint density at radius 1 is 1.50 bits per heavy atom. The van der Waals surface area contributed by atoms with Gasteiger partial charge in [0.15, 0.2) is 22.6 Å². The van der Waals surface area contributed by atoms with Gasteiger partial charge < -0.3 is 21.3 Å². The molecule has 1 amide bonds. The second-order valence-electron chi connectivity index (χ2n) is 3.78. The number of methoxy groups -OCH3 is 1. The number of phenols is 1. The van der Waals surface area contributed by atoms with Crippen molar-refractivity contribution in [1.29, 1.82) is 0 Å². The number of carbonyl (C=O) groups excluding carboxylic acids is 1. The van der Waals surface area contributed by atoms with Crippen molar-refractivity contribution in [1.82, 2.24) is 0 Å². The molecule has 1 aromatic carbocycles. The summed E-state index contributed by atoms with van der Waals surface area (Å²) in [6.45, 7) is 0. The number of aromatic hydroxyl groups is 1. The van der Waals surface area contributed by atoms with Crippen molar-refractivity contribution in [2.45, 2.75) is 0 Å². The van der Waals surface area contributed by atoms with Gasteiger partial charge in [-0.2, -0.15) is 9.98 Å². The fraction of sp³-hybridized carbons (Fsp3) is 0.0833. The highest BCUT2D eigenvalue weighted by Crippen LogP contribution is 2.32. The van der Waals surface area contributed by atoms with E-state index < -0.39 is 5.91 Å². The molecule has 0 bridgehead atoms. The molecule has 0 aromatic heterocycles. The van der Waals surface area contributed by atoms with Crippen LogP contribution in [-0.2, 0) is 4.79 Å². The van der Waals surface area contributed by atoms with Gasteiger partial charge in [-0.3, -0.25) is 4.79 Å². The lowest BCUT2D eigenvalue weighted by Gasteiger charge is -2.04. The standard InChI is InChI=1S/C12H12N4O3S/c1-19-8-4-6(2-3-7(8)17)5-9-10(18)15-12(20-9)16-11(13)14/h2-5,17H,1H3,(H4,13,14,15,16,18)/b9-5-. The van der Waals surface area contributed by atoms with E-state index in [1.54, 1.807) is 18.2 Å². The molecule has 1 aromatic rings. The molecule has 0 spiro atoms. The molecule has 5 N–H and O–H groups in total. The van der Waals surface area contributed by atoms with Crippen LogP contribution in [-0.4, -0.2) is 29.3 Å². The number of nitrogens with zero attached hydrogens (tertiary/aromatic N) is 2. The number of ether oxygens (including phenoxy) is 1.